The first-order valence-electron chi connectivity index (χ1n) is 18.7. The molecule has 4 nitrogen and oxygen atoms in total. The lowest BCUT2D eigenvalue weighted by molar-refractivity contribution is 1.08. The lowest BCUT2D eigenvalue weighted by Gasteiger charge is -2.11. The molecule has 0 atom stereocenters. The molecule has 0 bridgehead atoms. The Labute approximate surface area is 269 Å². The number of hydrogen-bond donors (Lipinski definition) is 0. The van der Waals surface area contributed by atoms with Crippen LogP contribution < -0.4 is 0 Å². The standard InChI is InChI=1S/C41H26N4/c1-2-12-27(13-3-1)43-35-18-8-4-16-31(35)33-23-22-28(24-39(33)43)44-36-19-9-7-17-32(36)34-25-41(42-26-40(34)44)45-37-20-10-5-14-29(37)30-15-6-11-21-38(30)45/h1-26H/i5D,6D,10D,11D,14D,15D,20D,21D. The molecule has 10 aromatic rings. The molecule has 0 aliphatic carbocycles. The third-order valence-electron chi connectivity index (χ3n) is 8.74. The van der Waals surface area contributed by atoms with Gasteiger partial charge in [0.25, 0.3) is 0 Å². The fourth-order valence-electron chi connectivity index (χ4n) is 6.86. The van der Waals surface area contributed by atoms with Crippen molar-refractivity contribution in [3.63, 3.8) is 0 Å². The van der Waals surface area contributed by atoms with Crippen molar-refractivity contribution in [3.05, 3.63) is 158 Å². The second kappa shape index (κ2) is 9.18. The Morgan fingerprint density at radius 1 is 0.400 bits per heavy atom. The first-order valence-corrected chi connectivity index (χ1v) is 14.7. The maximum absolute atomic E-state index is 8.93. The quantitative estimate of drug-likeness (QED) is 0.204. The van der Waals surface area contributed by atoms with E-state index >= 15 is 0 Å². The molecule has 0 radical (unpaired) electrons. The Bertz CT molecular complexity index is 3140. The van der Waals surface area contributed by atoms with Crippen LogP contribution in [0.2, 0.25) is 0 Å². The minimum atomic E-state index is -0.483. The highest BCUT2D eigenvalue weighted by Crippen LogP contribution is 2.38. The van der Waals surface area contributed by atoms with E-state index in [1.54, 1.807) is 6.20 Å². The molecule has 45 heavy (non-hydrogen) atoms. The van der Waals surface area contributed by atoms with Gasteiger partial charge in [-0.2, -0.15) is 0 Å². The highest BCUT2D eigenvalue weighted by molar-refractivity contribution is 6.13. The van der Waals surface area contributed by atoms with Gasteiger partial charge in [0.15, 0.2) is 0 Å². The summed E-state index contributed by atoms with van der Waals surface area (Å²) in [6.45, 7) is 0. The van der Waals surface area contributed by atoms with Crippen LogP contribution in [0.25, 0.3) is 82.6 Å². The average molecular weight is 583 g/mol. The molecular weight excluding hydrogens is 548 g/mol. The van der Waals surface area contributed by atoms with Gasteiger partial charge in [0, 0.05) is 43.7 Å². The van der Waals surface area contributed by atoms with Crippen molar-refractivity contribution in [2.45, 2.75) is 0 Å². The summed E-state index contributed by atoms with van der Waals surface area (Å²) in [5.74, 6) is 0.259. The van der Waals surface area contributed by atoms with Crippen LogP contribution in [0, 0.1) is 0 Å². The van der Waals surface area contributed by atoms with Gasteiger partial charge in [0.05, 0.1) is 50.3 Å². The van der Waals surface area contributed by atoms with Gasteiger partial charge in [-0.15, -0.1) is 0 Å². The zero-order chi connectivity index (χ0) is 36.4. The summed E-state index contributed by atoms with van der Waals surface area (Å²) < 4.78 is 75.1. The van der Waals surface area contributed by atoms with E-state index in [9.17, 15) is 0 Å². The number of fused-ring (bicyclic) bond motifs is 9. The smallest absolute Gasteiger partial charge is 0.138 e. The van der Waals surface area contributed by atoms with Gasteiger partial charge in [-0.3, -0.25) is 4.57 Å². The fraction of sp³-hybridized carbons (Fsp3) is 0. The van der Waals surface area contributed by atoms with Crippen LogP contribution in [0.4, 0.5) is 0 Å². The zero-order valence-corrected chi connectivity index (χ0v) is 23.7. The van der Waals surface area contributed by atoms with Crippen LogP contribution in [-0.2, 0) is 0 Å². The second-order valence-corrected chi connectivity index (χ2v) is 11.1. The highest BCUT2D eigenvalue weighted by Gasteiger charge is 2.18. The lowest BCUT2D eigenvalue weighted by atomic mass is 10.1. The largest absolute Gasteiger partial charge is 0.309 e. The predicted molar refractivity (Wildman–Crippen MR) is 187 cm³/mol. The molecule has 0 unspecified atom stereocenters. The third kappa shape index (κ3) is 3.39. The van der Waals surface area contributed by atoms with E-state index < -0.39 is 24.2 Å². The molecule has 210 valence electrons. The van der Waals surface area contributed by atoms with Crippen molar-refractivity contribution >= 4 is 65.4 Å². The Balaban J connectivity index is 1.29. The van der Waals surface area contributed by atoms with Gasteiger partial charge in [0.2, 0.25) is 0 Å². The van der Waals surface area contributed by atoms with Crippen LogP contribution >= 0.6 is 0 Å². The van der Waals surface area contributed by atoms with E-state index in [1.165, 1.54) is 4.57 Å². The summed E-state index contributed by atoms with van der Waals surface area (Å²) in [6.07, 6.45) is 1.72. The number of hydrogen-bond acceptors (Lipinski definition) is 1. The van der Waals surface area contributed by atoms with E-state index in [2.05, 4.69) is 57.7 Å². The molecule has 0 amide bonds. The van der Waals surface area contributed by atoms with Crippen molar-refractivity contribution in [1.82, 2.24) is 18.7 Å². The van der Waals surface area contributed by atoms with Crippen LogP contribution in [0.3, 0.4) is 0 Å². The van der Waals surface area contributed by atoms with Gasteiger partial charge in [-0.05, 0) is 54.5 Å². The Hall–Kier alpha value is -6.13. The van der Waals surface area contributed by atoms with Crippen molar-refractivity contribution in [1.29, 1.82) is 0 Å². The summed E-state index contributed by atoms with van der Waals surface area (Å²) >= 11 is 0. The molecular formula is C41H26N4. The first kappa shape index (κ1) is 17.9. The fourth-order valence-corrected chi connectivity index (χ4v) is 6.86. The number of aromatic nitrogens is 4. The molecule has 0 spiro atoms. The molecule has 0 N–H and O–H groups in total. The summed E-state index contributed by atoms with van der Waals surface area (Å²) in [5, 5.41) is 4.03. The summed E-state index contributed by atoms with van der Waals surface area (Å²) in [6, 6.07) is 31.5. The molecule has 0 aliphatic rings. The van der Waals surface area contributed by atoms with Gasteiger partial charge >= 0.3 is 0 Å². The van der Waals surface area contributed by atoms with Gasteiger partial charge in [-0.25, -0.2) is 4.98 Å². The maximum atomic E-state index is 8.93. The lowest BCUT2D eigenvalue weighted by Crippen LogP contribution is -1.99. The molecule has 0 fully saturated rings. The van der Waals surface area contributed by atoms with Crippen LogP contribution in [0.15, 0.2) is 158 Å². The average Bonchev–Trinajstić information content (AvgIpc) is 3.84. The number of rotatable bonds is 3. The molecule has 4 aromatic heterocycles. The van der Waals surface area contributed by atoms with E-state index in [4.69, 9.17) is 16.0 Å². The van der Waals surface area contributed by atoms with Crippen molar-refractivity contribution in [3.8, 4) is 17.2 Å². The van der Waals surface area contributed by atoms with Crippen LogP contribution in [0.5, 0.6) is 0 Å². The van der Waals surface area contributed by atoms with Crippen molar-refractivity contribution < 1.29 is 11.0 Å². The normalized spacial score (nSPS) is 14.5. The van der Waals surface area contributed by atoms with Crippen molar-refractivity contribution in [2.24, 2.45) is 0 Å². The van der Waals surface area contributed by atoms with Gasteiger partial charge in [0.1, 0.15) is 5.82 Å². The Morgan fingerprint density at radius 2 is 0.978 bits per heavy atom. The van der Waals surface area contributed by atoms with E-state index in [0.29, 0.717) is 0 Å². The third-order valence-corrected chi connectivity index (χ3v) is 8.74. The Morgan fingerprint density at radius 3 is 1.69 bits per heavy atom. The maximum Gasteiger partial charge on any atom is 0.138 e. The van der Waals surface area contributed by atoms with Gasteiger partial charge < -0.3 is 9.13 Å². The topological polar surface area (TPSA) is 27.7 Å². The SMILES string of the molecule is [2H]c1c([2H])c([2H])c2c(c1[2H])c1c([2H])c([2H])c([2H])c([2H])c1n2-c1cc2c3ccccc3n(-c3ccc4c5ccccc5n(-c5ccccc5)c4c3)c2cn1. The number of nitrogens with zero attached hydrogens (tertiary/aromatic N) is 4. The second-order valence-electron chi connectivity index (χ2n) is 11.1. The molecule has 10 rings (SSSR count). The van der Waals surface area contributed by atoms with Crippen LogP contribution in [0.1, 0.15) is 11.0 Å². The predicted octanol–water partition coefficient (Wildman–Crippen LogP) is 10.4. The number of benzene rings is 6. The minimum absolute atomic E-state index is 0.0180. The minimum Gasteiger partial charge on any atom is -0.309 e. The molecule has 0 saturated heterocycles. The molecule has 0 aliphatic heterocycles. The summed E-state index contributed by atoms with van der Waals surface area (Å²) in [4.78, 5) is 4.87. The Kier molecular flexibility index (Phi) is 3.64. The van der Waals surface area contributed by atoms with Crippen molar-refractivity contribution in [2.75, 3.05) is 0 Å². The van der Waals surface area contributed by atoms with E-state index in [1.807, 2.05) is 54.6 Å². The van der Waals surface area contributed by atoms with E-state index in [-0.39, 0.29) is 51.8 Å². The van der Waals surface area contributed by atoms with Crippen LogP contribution in [-0.4, -0.2) is 18.7 Å². The molecule has 0 saturated carbocycles. The summed E-state index contributed by atoms with van der Waals surface area (Å²) in [5.41, 5.74) is 5.89. The summed E-state index contributed by atoms with van der Waals surface area (Å²) in [7, 11) is 0. The molecule has 6 aromatic carbocycles. The monoisotopic (exact) mass is 582 g/mol. The molecule has 4 heterocycles. The highest BCUT2D eigenvalue weighted by atomic mass is 15.1. The number of pyridine rings is 1. The number of para-hydroxylation sites is 5. The first-order chi connectivity index (χ1) is 25.7. The van der Waals surface area contributed by atoms with E-state index in [0.717, 1.165) is 55.0 Å². The zero-order valence-electron chi connectivity index (χ0n) is 31.7. The molecule has 4 heteroatoms. The van der Waals surface area contributed by atoms with Gasteiger partial charge in [-0.1, -0.05) is 96.9 Å².